The molecule has 0 spiro atoms. The second kappa shape index (κ2) is 7.34. The summed E-state index contributed by atoms with van der Waals surface area (Å²) in [5.74, 6) is 0. The van der Waals surface area contributed by atoms with E-state index in [1.807, 2.05) is 30.3 Å². The van der Waals surface area contributed by atoms with Crippen molar-refractivity contribution in [2.45, 2.75) is 0 Å². The van der Waals surface area contributed by atoms with Crippen LogP contribution in [0.15, 0.2) is 130 Å². The zero-order valence-corrected chi connectivity index (χ0v) is 18.7. The summed E-state index contributed by atoms with van der Waals surface area (Å²) in [6.45, 7) is 0. The Morgan fingerprint density at radius 1 is 0.556 bits per heavy atom. The fourth-order valence-corrected chi connectivity index (χ4v) is 5.25. The summed E-state index contributed by atoms with van der Waals surface area (Å²) in [7, 11) is 0. The maximum absolute atomic E-state index is 9.08. The largest absolute Gasteiger partial charge is 0.464 e. The molecule has 0 atom stereocenters. The molecule has 0 saturated carbocycles. The van der Waals surface area contributed by atoms with E-state index in [0.717, 1.165) is 16.2 Å². The van der Waals surface area contributed by atoms with Crippen LogP contribution in [0.4, 0.5) is 0 Å². The molecule has 8 aromatic rings. The Kier molecular flexibility index (Phi) is 2.71. The lowest BCUT2D eigenvalue weighted by atomic mass is 9.86. The van der Waals surface area contributed by atoms with Gasteiger partial charge in [-0.25, -0.2) is 0 Å². The molecule has 36 heavy (non-hydrogen) atoms. The summed E-state index contributed by atoms with van der Waals surface area (Å²) in [6, 6.07) is 17.0. The van der Waals surface area contributed by atoms with Crippen molar-refractivity contribution in [3.8, 4) is 22.3 Å². The van der Waals surface area contributed by atoms with E-state index in [1.54, 1.807) is 42.7 Å². The number of fused-ring (bicyclic) bond motifs is 7. The van der Waals surface area contributed by atoms with Gasteiger partial charge in [0.2, 0.25) is 0 Å². The molecule has 0 saturated heterocycles. The molecule has 168 valence electrons. The van der Waals surface area contributed by atoms with Gasteiger partial charge in [0.1, 0.15) is 16.7 Å². The molecule has 0 fully saturated rings. The molecule has 2 heterocycles. The number of furan rings is 2. The number of hydrogen-bond acceptors (Lipinski definition) is 2. The molecule has 0 radical (unpaired) electrons. The minimum atomic E-state index is -0.437. The van der Waals surface area contributed by atoms with Crippen LogP contribution in [0.2, 0.25) is 0 Å². The molecular weight excluding hydrogens is 440 g/mol. The topological polar surface area (TPSA) is 26.3 Å². The minimum Gasteiger partial charge on any atom is -0.464 e. The normalized spacial score (nSPS) is 15.0. The number of rotatable bonds is 2. The SMILES string of the molecule is [2H]c1c([2H])c([2H])c2c(-c3ccc4c(c3)oc3ccc5ccoc5c34)c3c([2H])c([2H])c([2H])c([2H])c3c(-c3ccccc3)c2c1[2H]. The molecule has 0 aliphatic rings. The van der Waals surface area contributed by atoms with E-state index in [1.165, 1.54) is 0 Å². The van der Waals surface area contributed by atoms with Crippen LogP contribution >= 0.6 is 0 Å². The van der Waals surface area contributed by atoms with E-state index in [2.05, 4.69) is 0 Å². The van der Waals surface area contributed by atoms with Crippen LogP contribution in [0.1, 0.15) is 11.0 Å². The van der Waals surface area contributed by atoms with E-state index in [4.69, 9.17) is 19.8 Å². The van der Waals surface area contributed by atoms with Gasteiger partial charge >= 0.3 is 0 Å². The minimum absolute atomic E-state index is 0.163. The van der Waals surface area contributed by atoms with Crippen molar-refractivity contribution in [3.63, 3.8) is 0 Å². The van der Waals surface area contributed by atoms with E-state index in [-0.39, 0.29) is 51.3 Å². The van der Waals surface area contributed by atoms with Crippen LogP contribution in [0, 0.1) is 0 Å². The van der Waals surface area contributed by atoms with Gasteiger partial charge in [-0.15, -0.1) is 0 Å². The van der Waals surface area contributed by atoms with Crippen molar-refractivity contribution in [2.75, 3.05) is 0 Å². The van der Waals surface area contributed by atoms with Gasteiger partial charge < -0.3 is 8.83 Å². The lowest BCUT2D eigenvalue weighted by Gasteiger charge is -2.17. The highest BCUT2D eigenvalue weighted by atomic mass is 16.3. The highest BCUT2D eigenvalue weighted by Gasteiger charge is 2.18. The standard InChI is InChI=1S/C34H20O2/c1-2-8-21(9-3-1)31-24-10-4-6-12-26(24)32(27-13-7-5-11-25(27)31)23-14-16-28-30(20-23)36-29-17-15-22-18-19-35-34(22)33(28)29/h1-20H/i4D,5D,6D,7D,10D,11D,12D,13D. The highest BCUT2D eigenvalue weighted by molar-refractivity contribution is 6.22. The van der Waals surface area contributed by atoms with E-state index in [0.29, 0.717) is 33.4 Å². The molecular formula is C34H20O2. The molecule has 6 aromatic carbocycles. The van der Waals surface area contributed by atoms with Gasteiger partial charge in [0.05, 0.1) is 22.6 Å². The summed E-state index contributed by atoms with van der Waals surface area (Å²) in [5, 5.41) is 3.18. The molecule has 8 rings (SSSR count). The van der Waals surface area contributed by atoms with Gasteiger partial charge in [0, 0.05) is 10.8 Å². The van der Waals surface area contributed by atoms with Crippen LogP contribution in [0.5, 0.6) is 0 Å². The third kappa shape index (κ3) is 2.67. The second-order valence-corrected chi connectivity index (χ2v) is 8.71. The average Bonchev–Trinajstić information content (AvgIpc) is 3.67. The van der Waals surface area contributed by atoms with Gasteiger partial charge in [-0.1, -0.05) is 84.7 Å². The lowest BCUT2D eigenvalue weighted by Crippen LogP contribution is -1.90. The molecule has 2 heteroatoms. The summed E-state index contributed by atoms with van der Waals surface area (Å²) in [5.41, 5.74) is 3.44. The Bertz CT molecular complexity index is 2450. The molecule has 0 aliphatic heterocycles. The molecule has 0 amide bonds. The van der Waals surface area contributed by atoms with Crippen LogP contribution in [-0.4, -0.2) is 0 Å². The first kappa shape index (κ1) is 13.3. The first-order valence-corrected chi connectivity index (χ1v) is 11.5. The summed E-state index contributed by atoms with van der Waals surface area (Å²) in [6.07, 6.45) is 1.62. The maximum Gasteiger partial charge on any atom is 0.145 e. The molecule has 2 aromatic heterocycles. The fourth-order valence-electron chi connectivity index (χ4n) is 5.25. The van der Waals surface area contributed by atoms with Crippen molar-refractivity contribution in [1.29, 1.82) is 0 Å². The monoisotopic (exact) mass is 468 g/mol. The average molecular weight is 469 g/mol. The van der Waals surface area contributed by atoms with Crippen LogP contribution < -0.4 is 0 Å². The van der Waals surface area contributed by atoms with Gasteiger partial charge in [0.25, 0.3) is 0 Å². The molecule has 0 bridgehead atoms. The molecule has 2 nitrogen and oxygen atoms in total. The van der Waals surface area contributed by atoms with Crippen LogP contribution in [0.3, 0.4) is 0 Å². The zero-order chi connectivity index (χ0) is 30.6. The Balaban J connectivity index is 1.63. The predicted octanol–water partition coefficient (Wildman–Crippen LogP) is 9.97. The number of benzene rings is 6. The Hall–Kier alpha value is -4.82. The van der Waals surface area contributed by atoms with Gasteiger partial charge in [-0.2, -0.15) is 0 Å². The number of hydrogen-bond donors (Lipinski definition) is 0. The lowest BCUT2D eigenvalue weighted by molar-refractivity contribution is 0.618. The van der Waals surface area contributed by atoms with Crippen molar-refractivity contribution in [2.24, 2.45) is 0 Å². The van der Waals surface area contributed by atoms with E-state index >= 15 is 0 Å². The van der Waals surface area contributed by atoms with E-state index < -0.39 is 24.2 Å². The van der Waals surface area contributed by atoms with Gasteiger partial charge in [0.15, 0.2) is 0 Å². The summed E-state index contributed by atoms with van der Waals surface area (Å²) in [4.78, 5) is 0. The molecule has 0 unspecified atom stereocenters. The quantitative estimate of drug-likeness (QED) is 0.236. The third-order valence-electron chi connectivity index (χ3n) is 6.78. The zero-order valence-electron chi connectivity index (χ0n) is 26.7. The van der Waals surface area contributed by atoms with Crippen molar-refractivity contribution in [1.82, 2.24) is 0 Å². The van der Waals surface area contributed by atoms with Crippen molar-refractivity contribution in [3.05, 3.63) is 121 Å². The highest BCUT2D eigenvalue weighted by Crippen LogP contribution is 2.45. The predicted molar refractivity (Wildman–Crippen MR) is 149 cm³/mol. The van der Waals surface area contributed by atoms with Crippen LogP contribution in [-0.2, 0) is 0 Å². The Morgan fingerprint density at radius 3 is 1.92 bits per heavy atom. The maximum atomic E-state index is 9.08. The van der Waals surface area contributed by atoms with Gasteiger partial charge in [-0.3, -0.25) is 0 Å². The van der Waals surface area contributed by atoms with Crippen LogP contribution in [0.25, 0.3) is 76.7 Å². The summed E-state index contributed by atoms with van der Waals surface area (Å²) >= 11 is 0. The van der Waals surface area contributed by atoms with Gasteiger partial charge in [-0.05, 0) is 74.1 Å². The third-order valence-corrected chi connectivity index (χ3v) is 6.78. The fraction of sp³-hybridized carbons (Fsp3) is 0. The molecule has 0 N–H and O–H groups in total. The second-order valence-electron chi connectivity index (χ2n) is 8.71. The van der Waals surface area contributed by atoms with Crippen molar-refractivity contribution < 1.29 is 19.8 Å². The Labute approximate surface area is 218 Å². The Morgan fingerprint density at radius 2 is 1.22 bits per heavy atom. The molecule has 0 aliphatic carbocycles. The van der Waals surface area contributed by atoms with Crippen molar-refractivity contribution >= 4 is 54.5 Å². The summed E-state index contributed by atoms with van der Waals surface area (Å²) < 4.78 is 82.4. The van der Waals surface area contributed by atoms with E-state index in [9.17, 15) is 0 Å². The first-order chi connectivity index (χ1) is 21.2. The smallest absolute Gasteiger partial charge is 0.145 e. The first-order valence-electron chi connectivity index (χ1n) is 15.5.